The molecular weight excluding hydrogens is 1100 g/mol. The molecule has 0 aliphatic carbocycles. The van der Waals surface area contributed by atoms with Gasteiger partial charge >= 0.3 is 60.3 Å². The summed E-state index contributed by atoms with van der Waals surface area (Å²) in [7, 11) is 0. The Kier molecular flexibility index (Phi) is 128. The van der Waals surface area contributed by atoms with Crippen LogP contribution in [0.5, 0.6) is 0 Å². The summed E-state index contributed by atoms with van der Waals surface area (Å²) < 4.78 is 0. The Morgan fingerprint density at radius 3 is 0.190 bits per heavy atom. The van der Waals surface area contributed by atoms with E-state index in [0.717, 1.165) is 0 Å². The molecule has 0 aliphatic rings. The molecule has 0 aromatic carbocycles. The van der Waals surface area contributed by atoms with E-state index in [1.54, 1.807) is 0 Å². The van der Waals surface area contributed by atoms with Crippen molar-refractivity contribution in [3.63, 3.8) is 0 Å². The second kappa shape index (κ2) is 70.3. The van der Waals surface area contributed by atoms with Gasteiger partial charge in [-0.05, 0) is 0 Å². The first-order valence-electron chi connectivity index (χ1n) is 5.48. The van der Waals surface area contributed by atoms with Crippen LogP contribution >= 0.6 is 0 Å². The maximum Gasteiger partial charge on any atom is 6.00 e. The van der Waals surface area contributed by atoms with Crippen molar-refractivity contribution in [3.8, 4) is 0 Å². The van der Waals surface area contributed by atoms with E-state index in [2.05, 4.69) is 0 Å². The summed E-state index contributed by atoms with van der Waals surface area (Å²) in [5.41, 5.74) is 0. The van der Waals surface area contributed by atoms with Crippen LogP contribution in [0.3, 0.4) is 0 Å². The van der Waals surface area contributed by atoms with Crippen LogP contribution in [-0.4, -0.2) is 50.9 Å². The molecule has 0 heterocycles. The minimum atomic E-state index is -1.75. The minimum Gasteiger partial charge on any atom is -0.356 e. The topological polar surface area (TPSA) is 662 Å². The maximum absolute atomic E-state index is 8.25. The van der Waals surface area contributed by atoms with Gasteiger partial charge in [-0.2, -0.15) is 0 Å². The van der Waals surface area contributed by atoms with Crippen molar-refractivity contribution in [3.05, 3.63) is 153 Å². The Hall–Kier alpha value is -5.96. The molecule has 0 aromatic rings. The summed E-state index contributed by atoms with van der Waals surface area (Å²) in [6, 6.07) is 0. The van der Waals surface area contributed by atoms with Crippen LogP contribution in [0.2, 0.25) is 0 Å². The van der Waals surface area contributed by atoms with Gasteiger partial charge in [-0.1, -0.05) is 0 Å². The van der Waals surface area contributed by atoms with Gasteiger partial charge in [0.05, 0.1) is 50.9 Å². The van der Waals surface area contributed by atoms with E-state index in [1.165, 1.54) is 0 Å². The fourth-order valence-electron chi connectivity index (χ4n) is 0. The van der Waals surface area contributed by atoms with Gasteiger partial charge in [-0.3, -0.25) is 0 Å². The molecule has 0 saturated heterocycles. The zero-order valence-electron chi connectivity index (χ0n) is 17.6. The van der Waals surface area contributed by atoms with E-state index in [4.69, 9.17) is 153 Å². The smallest absolute Gasteiger partial charge is 0.356 e. The van der Waals surface area contributed by atoms with E-state index in [0.29, 0.717) is 0 Å². The van der Waals surface area contributed by atoms with Crippen molar-refractivity contribution in [2.24, 2.45) is 0 Å². The van der Waals surface area contributed by atoms with Gasteiger partial charge in [0.2, 0.25) is 0 Å². The zero-order chi connectivity index (χ0) is 35.8. The molecule has 42 heavy (non-hydrogen) atoms. The Bertz CT molecular complexity index is 476. The van der Waals surface area contributed by atoms with Crippen LogP contribution in [0, 0.1) is 214 Å². The molecule has 0 spiro atoms. The number of rotatable bonds is 0. The quantitative estimate of drug-likeness (QED) is 0.180. The van der Waals surface area contributed by atoms with Gasteiger partial charge in [0, 0.05) is 0 Å². The molecular formula is N10O30PuU. The van der Waals surface area contributed by atoms with Crippen LogP contribution < -0.4 is 0 Å². The molecule has 42 heteroatoms. The predicted molar refractivity (Wildman–Crippen MR) is 104 cm³/mol. The molecule has 0 unspecified atom stereocenters. The van der Waals surface area contributed by atoms with Crippen molar-refractivity contribution >= 4 is 0 Å². The van der Waals surface area contributed by atoms with Gasteiger partial charge in [0.1, 0.15) is 0 Å². The molecule has 40 nitrogen and oxygen atoms in total. The second-order valence-electron chi connectivity index (χ2n) is 2.24. The van der Waals surface area contributed by atoms with Crippen molar-refractivity contribution in [2.45, 2.75) is 0 Å². The van der Waals surface area contributed by atoms with Gasteiger partial charge in [0.15, 0.2) is 0 Å². The van der Waals surface area contributed by atoms with Crippen LogP contribution in [0.15, 0.2) is 0 Å². The fourth-order valence-corrected chi connectivity index (χ4v) is 0. The number of nitrogens with zero attached hydrogens (tertiary/aromatic N) is 10. The summed E-state index contributed by atoms with van der Waals surface area (Å²) in [5, 5.41) is 148. The first kappa shape index (κ1) is 76.6. The SMILES string of the molecule is O=[N+]([O-])[O-].O=[N+]([O-])[O-].O=[N+]([O-])[O-].O=[N+]([O-])[O-].O=[N+]([O-])[O-].O=[N+]([O-])[O-].O=[N+]([O-])[O-].O=[N+]([O-])[O-].O=[N+]([O-])[O-].O=[N+]([O-])[O-].[Pu+4].[U+6]. The summed E-state index contributed by atoms with van der Waals surface area (Å²) in [5.74, 6) is 0. The number of hydrogen-bond donors (Lipinski definition) is 0. The van der Waals surface area contributed by atoms with E-state index in [1.807, 2.05) is 0 Å². The second-order valence-corrected chi connectivity index (χ2v) is 2.24. The van der Waals surface area contributed by atoms with Crippen LogP contribution in [0.1, 0.15) is 0 Å². The van der Waals surface area contributed by atoms with Crippen LogP contribution in [0.4, 0.5) is 0 Å². The minimum absolute atomic E-state index is 0. The van der Waals surface area contributed by atoms with Crippen molar-refractivity contribution < 1.29 is 111 Å². The first-order valence-corrected chi connectivity index (χ1v) is 5.48. The largest absolute Gasteiger partial charge is 6.00 e. The zero-order valence-corrected chi connectivity index (χ0v) is 25.2. The normalized spacial score (nSPS) is 5.71. The molecule has 0 aliphatic heterocycles. The molecule has 0 aromatic heterocycles. The Morgan fingerprint density at radius 2 is 0.190 bits per heavy atom. The third-order valence-electron chi connectivity index (χ3n) is 0. The van der Waals surface area contributed by atoms with E-state index in [-0.39, 0.29) is 60.3 Å². The van der Waals surface area contributed by atoms with Crippen LogP contribution in [-0.2, 0) is 0 Å². The standard InChI is InChI=1S/10NO3.Pu.U/c10*2-1(3)4;;/q10*-1;+4;+6. The van der Waals surface area contributed by atoms with E-state index in [9.17, 15) is 0 Å². The molecule has 0 bridgehead atoms. The summed E-state index contributed by atoms with van der Waals surface area (Å²) >= 11 is 0. The van der Waals surface area contributed by atoms with Crippen LogP contribution in [0.25, 0.3) is 0 Å². The van der Waals surface area contributed by atoms with Crippen molar-refractivity contribution in [1.82, 2.24) is 0 Å². The third kappa shape index (κ3) is 1050. The monoisotopic (exact) mass is 1100 g/mol. The van der Waals surface area contributed by atoms with Gasteiger partial charge in [0.25, 0.3) is 0 Å². The fraction of sp³-hybridized carbons (Fsp3) is 0. The molecule has 0 rings (SSSR count). The summed E-state index contributed by atoms with van der Waals surface area (Å²) in [4.78, 5) is 82.5. The Morgan fingerprint density at radius 1 is 0.190 bits per heavy atom. The molecule has 0 amide bonds. The molecule has 0 radical (unpaired) electrons. The summed E-state index contributed by atoms with van der Waals surface area (Å²) in [6.45, 7) is 0. The molecule has 0 fully saturated rings. The predicted octanol–water partition coefficient (Wildman–Crippen LogP) is -2.39. The third-order valence-corrected chi connectivity index (χ3v) is 0. The average molecular weight is 1100 g/mol. The molecule has 0 saturated carbocycles. The van der Waals surface area contributed by atoms with Crippen molar-refractivity contribution in [1.29, 1.82) is 0 Å². The van der Waals surface area contributed by atoms with Crippen molar-refractivity contribution in [2.75, 3.05) is 0 Å². The maximum atomic E-state index is 8.25. The summed E-state index contributed by atoms with van der Waals surface area (Å²) in [6.07, 6.45) is 0. The number of hydrogen-bond acceptors (Lipinski definition) is 30. The first-order chi connectivity index (χ1) is 17.3. The molecule has 0 N–H and O–H groups in total. The van der Waals surface area contributed by atoms with E-state index >= 15 is 0 Å². The van der Waals surface area contributed by atoms with Gasteiger partial charge < -0.3 is 153 Å². The molecule has 240 valence electrons. The van der Waals surface area contributed by atoms with Gasteiger partial charge in [-0.15, -0.1) is 0 Å². The van der Waals surface area contributed by atoms with Gasteiger partial charge in [-0.25, -0.2) is 0 Å². The van der Waals surface area contributed by atoms with E-state index < -0.39 is 50.9 Å². The molecule has 0 atom stereocenters. The Balaban J connectivity index is -0.0000000237. The average Bonchev–Trinajstić information content (AvgIpc) is 2.47. The Labute approximate surface area is 263 Å².